The van der Waals surface area contributed by atoms with Crippen LogP contribution >= 0.6 is 15.9 Å². The van der Waals surface area contributed by atoms with E-state index in [9.17, 15) is 4.21 Å². The Bertz CT molecular complexity index is 785. The maximum absolute atomic E-state index is 12.3. The second-order valence-electron chi connectivity index (χ2n) is 6.54. The molecule has 0 saturated carbocycles. The summed E-state index contributed by atoms with van der Waals surface area (Å²) in [5, 5.41) is 6.59. The van der Waals surface area contributed by atoms with Gasteiger partial charge in [0.25, 0.3) is 0 Å². The van der Waals surface area contributed by atoms with Gasteiger partial charge in [-0.25, -0.2) is 13.5 Å². The van der Waals surface area contributed by atoms with E-state index < -0.39 is 11.0 Å². The van der Waals surface area contributed by atoms with Crippen LogP contribution in [0, 0.1) is 6.92 Å². The first-order valence-corrected chi connectivity index (χ1v) is 11.1. The lowest BCUT2D eigenvalue weighted by atomic mass is 10.2. The normalized spacial score (nSPS) is 12.2. The Hall–Kier alpha value is -1.51. The Morgan fingerprint density at radius 2 is 2.00 bits per heavy atom. The average Bonchev–Trinajstić information content (AvgIpc) is 2.63. The molecule has 0 amide bonds. The van der Waals surface area contributed by atoms with Gasteiger partial charge in [-0.3, -0.25) is 0 Å². The lowest BCUT2D eigenvalue weighted by Crippen LogP contribution is -2.16. The summed E-state index contributed by atoms with van der Waals surface area (Å²) < 4.78 is 14.8. The summed E-state index contributed by atoms with van der Waals surface area (Å²) in [6, 6.07) is 5.73. The van der Waals surface area contributed by atoms with Gasteiger partial charge in [-0.2, -0.15) is 4.98 Å². The van der Waals surface area contributed by atoms with Crippen LogP contribution in [-0.4, -0.2) is 39.1 Å². The van der Waals surface area contributed by atoms with Gasteiger partial charge in [0.2, 0.25) is 5.95 Å². The van der Waals surface area contributed by atoms with Gasteiger partial charge in [0, 0.05) is 18.4 Å². The zero-order valence-electron chi connectivity index (χ0n) is 16.4. The van der Waals surface area contributed by atoms with Crippen molar-refractivity contribution in [3.8, 4) is 0 Å². The second kappa shape index (κ2) is 10.7. The molecule has 0 aliphatic carbocycles. The average molecular weight is 454 g/mol. The molecule has 0 saturated heterocycles. The van der Waals surface area contributed by atoms with Gasteiger partial charge in [-0.15, -0.1) is 0 Å². The highest BCUT2D eigenvalue weighted by Crippen LogP contribution is 2.24. The number of aromatic nitrogens is 2. The summed E-state index contributed by atoms with van der Waals surface area (Å²) in [7, 11) is 2.44. The molecule has 148 valence electrons. The van der Waals surface area contributed by atoms with E-state index in [-0.39, 0.29) is 0 Å². The molecule has 27 heavy (non-hydrogen) atoms. The Morgan fingerprint density at radius 1 is 1.22 bits per heavy atom. The fraction of sp³-hybridized carbons (Fsp3) is 0.474. The molecule has 1 atom stereocenters. The zero-order chi connectivity index (χ0) is 19.8. The van der Waals surface area contributed by atoms with Gasteiger partial charge >= 0.3 is 0 Å². The van der Waals surface area contributed by atoms with E-state index in [0.29, 0.717) is 5.95 Å². The van der Waals surface area contributed by atoms with Crippen molar-refractivity contribution in [2.24, 2.45) is 0 Å². The molecule has 8 heteroatoms. The number of halogens is 1. The summed E-state index contributed by atoms with van der Waals surface area (Å²) in [6.45, 7) is 5.05. The van der Waals surface area contributed by atoms with E-state index in [0.717, 1.165) is 39.4 Å². The molecule has 0 radical (unpaired) electrons. The van der Waals surface area contributed by atoms with Gasteiger partial charge in [0.15, 0.2) is 0 Å². The minimum atomic E-state index is -1.16. The number of nitrogens with zero attached hydrogens (tertiary/aromatic N) is 3. The van der Waals surface area contributed by atoms with Crippen molar-refractivity contribution in [2.75, 3.05) is 31.3 Å². The number of unbranched alkanes of at least 4 members (excludes halogenated alkanes) is 3. The summed E-state index contributed by atoms with van der Waals surface area (Å²) in [6.07, 6.45) is 6.57. The molecule has 1 unspecified atom stereocenters. The Kier molecular flexibility index (Phi) is 8.66. The largest absolute Gasteiger partial charge is 0.369 e. The zero-order valence-corrected chi connectivity index (χ0v) is 18.8. The summed E-state index contributed by atoms with van der Waals surface area (Å²) in [5.74, 6) is 1.31. The van der Waals surface area contributed by atoms with Crippen molar-refractivity contribution in [3.63, 3.8) is 0 Å². The second-order valence-corrected chi connectivity index (χ2v) is 9.07. The molecular formula is C19H28BrN5OS. The Morgan fingerprint density at radius 3 is 2.67 bits per heavy atom. The first-order valence-electron chi connectivity index (χ1n) is 9.15. The van der Waals surface area contributed by atoms with Crippen molar-refractivity contribution < 1.29 is 4.21 Å². The third-order valence-corrected chi connectivity index (χ3v) is 6.10. The van der Waals surface area contributed by atoms with Crippen molar-refractivity contribution in [2.45, 2.75) is 44.4 Å². The van der Waals surface area contributed by atoms with Crippen LogP contribution in [0.2, 0.25) is 0 Å². The lowest BCUT2D eigenvalue weighted by molar-refractivity contribution is 0.602. The SMILES string of the molecule is CCCCCCNc1nc(Nc2ccc(S(=O)N(C)C)c(C)c2)ncc1Br. The minimum absolute atomic E-state index is 0.523. The van der Waals surface area contributed by atoms with Crippen LogP contribution in [0.4, 0.5) is 17.5 Å². The number of nitrogens with one attached hydrogen (secondary N) is 2. The van der Waals surface area contributed by atoms with Crippen molar-refractivity contribution in [3.05, 3.63) is 34.4 Å². The van der Waals surface area contributed by atoms with E-state index in [1.807, 2.05) is 25.1 Å². The molecule has 0 aliphatic rings. The van der Waals surface area contributed by atoms with E-state index in [1.165, 1.54) is 19.3 Å². The predicted molar refractivity (Wildman–Crippen MR) is 117 cm³/mol. The fourth-order valence-corrected chi connectivity index (χ4v) is 3.80. The van der Waals surface area contributed by atoms with Crippen LogP contribution in [0.5, 0.6) is 0 Å². The molecule has 0 fully saturated rings. The molecule has 1 aromatic carbocycles. The van der Waals surface area contributed by atoms with Gasteiger partial charge in [0.1, 0.15) is 16.8 Å². The molecular weight excluding hydrogens is 426 g/mol. The van der Waals surface area contributed by atoms with Crippen molar-refractivity contribution >= 4 is 44.4 Å². The summed E-state index contributed by atoms with van der Waals surface area (Å²) in [4.78, 5) is 9.68. The molecule has 2 rings (SSSR count). The van der Waals surface area contributed by atoms with E-state index in [2.05, 4.69) is 43.5 Å². The van der Waals surface area contributed by atoms with Gasteiger partial charge in [-0.1, -0.05) is 26.2 Å². The highest BCUT2D eigenvalue weighted by atomic mass is 79.9. The number of rotatable bonds is 10. The van der Waals surface area contributed by atoms with Crippen molar-refractivity contribution in [1.29, 1.82) is 0 Å². The van der Waals surface area contributed by atoms with Crippen LogP contribution in [0.1, 0.15) is 38.2 Å². The molecule has 0 spiro atoms. The standard InChI is InChI=1S/C19H28BrN5OS/c1-5-6-7-8-11-21-18-16(20)13-22-19(24-18)23-15-9-10-17(14(2)12-15)27(26)25(3)4/h9-10,12-13H,5-8,11H2,1-4H3,(H2,21,22,23,24). The van der Waals surface area contributed by atoms with E-state index in [4.69, 9.17) is 0 Å². The van der Waals surface area contributed by atoms with Crippen LogP contribution < -0.4 is 10.6 Å². The molecule has 2 aromatic rings. The molecule has 0 aliphatic heterocycles. The van der Waals surface area contributed by atoms with Gasteiger partial charge in [-0.05, 0) is 67.1 Å². The van der Waals surface area contributed by atoms with Crippen LogP contribution in [0.25, 0.3) is 0 Å². The van der Waals surface area contributed by atoms with Crippen LogP contribution in [0.15, 0.2) is 33.8 Å². The Balaban J connectivity index is 2.05. The monoisotopic (exact) mass is 453 g/mol. The highest BCUT2D eigenvalue weighted by molar-refractivity contribution is 9.10. The third kappa shape index (κ3) is 6.55. The van der Waals surface area contributed by atoms with E-state index >= 15 is 0 Å². The summed E-state index contributed by atoms with van der Waals surface area (Å²) in [5.41, 5.74) is 1.82. The number of hydrogen-bond acceptors (Lipinski definition) is 5. The number of anilines is 3. The Labute approximate surface area is 172 Å². The third-order valence-electron chi connectivity index (χ3n) is 4.02. The lowest BCUT2D eigenvalue weighted by Gasteiger charge is -2.14. The maximum Gasteiger partial charge on any atom is 0.229 e. The fourth-order valence-electron chi connectivity index (χ4n) is 2.56. The van der Waals surface area contributed by atoms with E-state index in [1.54, 1.807) is 24.6 Å². The quantitative estimate of drug-likeness (QED) is 0.502. The molecule has 1 heterocycles. The first kappa shape index (κ1) is 21.8. The highest BCUT2D eigenvalue weighted by Gasteiger charge is 2.11. The maximum atomic E-state index is 12.3. The molecule has 2 N–H and O–H groups in total. The van der Waals surface area contributed by atoms with Crippen LogP contribution in [0.3, 0.4) is 0 Å². The predicted octanol–water partition coefficient (Wildman–Crippen LogP) is 4.87. The van der Waals surface area contributed by atoms with Gasteiger partial charge in [0.05, 0.1) is 9.37 Å². The van der Waals surface area contributed by atoms with Gasteiger partial charge < -0.3 is 10.6 Å². The summed E-state index contributed by atoms with van der Waals surface area (Å²) >= 11 is 3.50. The molecule has 0 bridgehead atoms. The topological polar surface area (TPSA) is 70.2 Å². The molecule has 6 nitrogen and oxygen atoms in total. The number of benzene rings is 1. The number of hydrogen-bond donors (Lipinski definition) is 2. The minimum Gasteiger partial charge on any atom is -0.369 e. The van der Waals surface area contributed by atoms with Crippen molar-refractivity contribution in [1.82, 2.24) is 14.3 Å². The number of aryl methyl sites for hydroxylation is 1. The first-order chi connectivity index (χ1) is 12.9. The van der Waals surface area contributed by atoms with Crippen LogP contribution in [-0.2, 0) is 11.0 Å². The smallest absolute Gasteiger partial charge is 0.229 e. The molecule has 1 aromatic heterocycles.